The fourth-order valence-corrected chi connectivity index (χ4v) is 2.80. The maximum Gasteiger partial charge on any atom is 0.394 e. The molecule has 1 aliphatic rings. The van der Waals surface area contributed by atoms with Crippen molar-refractivity contribution in [1.29, 1.82) is 0 Å². The van der Waals surface area contributed by atoms with Gasteiger partial charge in [-0.2, -0.15) is 13.2 Å². The van der Waals surface area contributed by atoms with Crippen LogP contribution in [0.2, 0.25) is 0 Å². The molecule has 0 bridgehead atoms. The second-order valence-electron chi connectivity index (χ2n) is 5.25. The molecular weight excluding hydrogens is 241 g/mol. The summed E-state index contributed by atoms with van der Waals surface area (Å²) in [4.78, 5) is 2.01. The van der Waals surface area contributed by atoms with E-state index in [4.69, 9.17) is 0 Å². The molecule has 0 aromatic carbocycles. The van der Waals surface area contributed by atoms with Gasteiger partial charge in [-0.3, -0.25) is 4.90 Å². The molecule has 1 aliphatic heterocycles. The molecule has 0 aliphatic carbocycles. The summed E-state index contributed by atoms with van der Waals surface area (Å²) in [6.07, 6.45) is -2.04. The van der Waals surface area contributed by atoms with Crippen LogP contribution in [-0.2, 0) is 0 Å². The minimum absolute atomic E-state index is 0.0512. The lowest BCUT2D eigenvalue weighted by atomic mass is 9.93. The molecular formula is C13H25F3N2. The zero-order valence-electron chi connectivity index (χ0n) is 11.6. The molecule has 18 heavy (non-hydrogen) atoms. The van der Waals surface area contributed by atoms with E-state index in [0.29, 0.717) is 19.0 Å². The molecule has 2 nitrogen and oxygen atoms in total. The van der Waals surface area contributed by atoms with Gasteiger partial charge in [-0.05, 0) is 12.8 Å². The van der Waals surface area contributed by atoms with E-state index in [-0.39, 0.29) is 19.1 Å². The first-order valence-electron chi connectivity index (χ1n) is 6.91. The summed E-state index contributed by atoms with van der Waals surface area (Å²) >= 11 is 0. The predicted octanol–water partition coefficient (Wildman–Crippen LogP) is 2.89. The molecule has 0 aromatic heterocycles. The zero-order valence-corrected chi connectivity index (χ0v) is 11.6. The van der Waals surface area contributed by atoms with Gasteiger partial charge >= 0.3 is 6.18 Å². The first-order chi connectivity index (χ1) is 8.40. The van der Waals surface area contributed by atoms with Gasteiger partial charge in [-0.1, -0.05) is 26.7 Å². The van der Waals surface area contributed by atoms with Crippen LogP contribution in [0.5, 0.6) is 0 Å². The Balaban J connectivity index is 2.69. The third-order valence-electron chi connectivity index (χ3n) is 4.19. The lowest BCUT2D eigenvalue weighted by Gasteiger charge is -2.35. The quantitative estimate of drug-likeness (QED) is 0.841. The number of nitrogens with zero attached hydrogens (tertiary/aromatic N) is 1. The van der Waals surface area contributed by atoms with E-state index in [0.717, 1.165) is 12.8 Å². The maximum atomic E-state index is 12.9. The summed E-state index contributed by atoms with van der Waals surface area (Å²) in [5, 5.41) is 2.90. The van der Waals surface area contributed by atoms with Gasteiger partial charge < -0.3 is 5.32 Å². The highest BCUT2D eigenvalue weighted by Gasteiger charge is 2.42. The minimum Gasteiger partial charge on any atom is -0.315 e. The maximum absolute atomic E-state index is 12.9. The molecule has 1 heterocycles. The predicted molar refractivity (Wildman–Crippen MR) is 67.5 cm³/mol. The standard InChI is InChI=1S/C13H25F3N2/c1-4-11(5-2)10(3)18-7-6-17-8-12(9-18)13(14,15)16/h10-12,17H,4-9H2,1-3H3. The Labute approximate surface area is 108 Å². The van der Waals surface area contributed by atoms with Crippen LogP contribution >= 0.6 is 0 Å². The number of halogens is 3. The van der Waals surface area contributed by atoms with E-state index in [1.165, 1.54) is 0 Å². The molecule has 0 spiro atoms. The molecule has 0 saturated carbocycles. The molecule has 108 valence electrons. The average molecular weight is 266 g/mol. The molecule has 2 atom stereocenters. The molecule has 1 rings (SSSR count). The Morgan fingerprint density at radius 1 is 1.28 bits per heavy atom. The van der Waals surface area contributed by atoms with Crippen molar-refractivity contribution >= 4 is 0 Å². The highest BCUT2D eigenvalue weighted by molar-refractivity contribution is 4.83. The van der Waals surface area contributed by atoms with Gasteiger partial charge in [0.25, 0.3) is 0 Å². The van der Waals surface area contributed by atoms with E-state index in [1.807, 2.05) is 4.90 Å². The number of rotatable bonds is 4. The number of alkyl halides is 3. The van der Waals surface area contributed by atoms with Crippen molar-refractivity contribution in [3.63, 3.8) is 0 Å². The van der Waals surface area contributed by atoms with Crippen LogP contribution in [0.1, 0.15) is 33.6 Å². The van der Waals surface area contributed by atoms with Gasteiger partial charge in [0.1, 0.15) is 0 Å². The van der Waals surface area contributed by atoms with E-state index in [1.54, 1.807) is 0 Å². The largest absolute Gasteiger partial charge is 0.394 e. The molecule has 0 amide bonds. The van der Waals surface area contributed by atoms with Crippen molar-refractivity contribution in [2.45, 2.75) is 45.8 Å². The monoisotopic (exact) mass is 266 g/mol. The SMILES string of the molecule is CCC(CC)C(C)N1CCNCC(C(F)(F)F)C1. The van der Waals surface area contributed by atoms with E-state index in [9.17, 15) is 13.2 Å². The Bertz CT molecular complexity index is 239. The Hall–Kier alpha value is -0.290. The number of hydrogen-bond donors (Lipinski definition) is 1. The van der Waals surface area contributed by atoms with Crippen molar-refractivity contribution in [2.75, 3.05) is 26.2 Å². The van der Waals surface area contributed by atoms with Crippen molar-refractivity contribution in [3.8, 4) is 0 Å². The van der Waals surface area contributed by atoms with Crippen molar-refractivity contribution in [2.24, 2.45) is 11.8 Å². The van der Waals surface area contributed by atoms with Gasteiger partial charge in [0.2, 0.25) is 0 Å². The molecule has 5 heteroatoms. The molecule has 1 saturated heterocycles. The van der Waals surface area contributed by atoms with Gasteiger partial charge in [-0.15, -0.1) is 0 Å². The Kier molecular flexibility index (Phi) is 5.92. The first kappa shape index (κ1) is 15.8. The lowest BCUT2D eigenvalue weighted by Crippen LogP contribution is -2.44. The highest BCUT2D eigenvalue weighted by atomic mass is 19.4. The third kappa shape index (κ3) is 4.12. The average Bonchev–Trinajstić information content (AvgIpc) is 2.55. The summed E-state index contributed by atoms with van der Waals surface area (Å²) in [7, 11) is 0. The van der Waals surface area contributed by atoms with Crippen molar-refractivity contribution in [3.05, 3.63) is 0 Å². The van der Waals surface area contributed by atoms with Crippen LogP contribution in [0.3, 0.4) is 0 Å². The van der Waals surface area contributed by atoms with E-state index in [2.05, 4.69) is 26.1 Å². The second-order valence-corrected chi connectivity index (χ2v) is 5.25. The molecule has 1 fully saturated rings. The van der Waals surface area contributed by atoms with Gasteiger partial charge in [0, 0.05) is 32.2 Å². The lowest BCUT2D eigenvalue weighted by molar-refractivity contribution is -0.177. The van der Waals surface area contributed by atoms with Crippen LogP contribution in [-0.4, -0.2) is 43.3 Å². The van der Waals surface area contributed by atoms with Crippen molar-refractivity contribution in [1.82, 2.24) is 10.2 Å². The van der Waals surface area contributed by atoms with Gasteiger partial charge in [0.15, 0.2) is 0 Å². The molecule has 1 N–H and O–H groups in total. The van der Waals surface area contributed by atoms with Crippen molar-refractivity contribution < 1.29 is 13.2 Å². The summed E-state index contributed by atoms with van der Waals surface area (Å²) in [5.41, 5.74) is 0. The number of nitrogens with one attached hydrogen (secondary N) is 1. The smallest absolute Gasteiger partial charge is 0.315 e. The Morgan fingerprint density at radius 2 is 1.89 bits per heavy atom. The fourth-order valence-electron chi connectivity index (χ4n) is 2.80. The number of hydrogen-bond acceptors (Lipinski definition) is 2. The van der Waals surface area contributed by atoms with Crippen LogP contribution in [0.4, 0.5) is 13.2 Å². The zero-order chi connectivity index (χ0) is 13.8. The fraction of sp³-hybridized carbons (Fsp3) is 1.00. The second kappa shape index (κ2) is 6.75. The van der Waals surface area contributed by atoms with Crippen LogP contribution < -0.4 is 5.32 Å². The topological polar surface area (TPSA) is 15.3 Å². The summed E-state index contributed by atoms with van der Waals surface area (Å²) in [6.45, 7) is 7.84. The highest BCUT2D eigenvalue weighted by Crippen LogP contribution is 2.29. The Morgan fingerprint density at radius 3 is 2.39 bits per heavy atom. The van der Waals surface area contributed by atoms with Gasteiger partial charge in [-0.25, -0.2) is 0 Å². The minimum atomic E-state index is -4.09. The van der Waals surface area contributed by atoms with Crippen LogP contribution in [0.25, 0.3) is 0 Å². The first-order valence-corrected chi connectivity index (χ1v) is 6.91. The third-order valence-corrected chi connectivity index (χ3v) is 4.19. The van der Waals surface area contributed by atoms with E-state index < -0.39 is 12.1 Å². The summed E-state index contributed by atoms with van der Waals surface area (Å²) < 4.78 is 38.6. The molecule has 0 aromatic rings. The van der Waals surface area contributed by atoms with Crippen LogP contribution in [0, 0.1) is 11.8 Å². The summed E-state index contributed by atoms with van der Waals surface area (Å²) in [6, 6.07) is 0.227. The molecule has 2 unspecified atom stereocenters. The van der Waals surface area contributed by atoms with Crippen LogP contribution in [0.15, 0.2) is 0 Å². The van der Waals surface area contributed by atoms with Gasteiger partial charge in [0.05, 0.1) is 5.92 Å². The normalized spacial score (nSPS) is 25.2. The van der Waals surface area contributed by atoms with E-state index >= 15 is 0 Å². The summed E-state index contributed by atoms with van der Waals surface area (Å²) in [5.74, 6) is -0.756. The molecule has 0 radical (unpaired) electrons.